The Morgan fingerprint density at radius 3 is 3.00 bits per heavy atom. The maximum atomic E-state index is 13.1. The van der Waals surface area contributed by atoms with E-state index < -0.39 is 5.82 Å². The normalized spacial score (nSPS) is 9.83. The molecule has 3 N–H and O–H groups in total. The molecule has 1 rings (SSSR count). The molecule has 0 atom stereocenters. The molecule has 0 bridgehead atoms. The molecule has 1 aromatic rings. The maximum Gasteiger partial charge on any atom is 0.252 e. The van der Waals surface area contributed by atoms with E-state index in [1.807, 2.05) is 0 Å². The molecule has 96 valence electrons. The average molecular weight is 331 g/mol. The number of amides is 1. The molecular weight excluding hydrogens is 319 g/mol. The Kier molecular flexibility index (Phi) is 6.02. The van der Waals surface area contributed by atoms with Gasteiger partial charge < -0.3 is 11.1 Å². The lowest BCUT2D eigenvalue weighted by molar-refractivity contribution is 0.0955. The molecule has 0 radical (unpaired) electrons. The molecule has 3 nitrogen and oxygen atoms in total. The molecule has 1 amide bonds. The van der Waals surface area contributed by atoms with E-state index in [1.165, 1.54) is 12.1 Å². The minimum absolute atomic E-state index is 0.0509. The van der Waals surface area contributed by atoms with Crippen LogP contribution in [0.2, 0.25) is 0 Å². The van der Waals surface area contributed by atoms with E-state index in [1.54, 1.807) is 11.8 Å². The van der Waals surface area contributed by atoms with Crippen LogP contribution in [0.3, 0.4) is 0 Å². The third-order valence-corrected chi connectivity index (χ3v) is 3.57. The van der Waals surface area contributed by atoms with Gasteiger partial charge in [-0.05, 0) is 28.1 Å². The van der Waals surface area contributed by atoms with Gasteiger partial charge in [-0.2, -0.15) is 0 Å². The molecule has 0 aliphatic rings. The van der Waals surface area contributed by atoms with Gasteiger partial charge in [-0.3, -0.25) is 4.79 Å². The van der Waals surface area contributed by atoms with E-state index in [4.69, 9.17) is 12.2 Å². The summed E-state index contributed by atoms with van der Waals surface area (Å²) < 4.78 is 13.5. The first kappa shape index (κ1) is 14.9. The Labute approximate surface area is 118 Å². The minimum Gasteiger partial charge on any atom is -0.396 e. The van der Waals surface area contributed by atoms with Crippen LogP contribution < -0.4 is 11.1 Å². The zero-order chi connectivity index (χ0) is 13.5. The van der Waals surface area contributed by atoms with E-state index in [-0.39, 0.29) is 11.6 Å². The van der Waals surface area contributed by atoms with Crippen molar-refractivity contribution in [3.8, 4) is 12.3 Å². The lowest BCUT2D eigenvalue weighted by atomic mass is 10.2. The molecule has 0 fully saturated rings. The first-order valence-electron chi connectivity index (χ1n) is 5.10. The van der Waals surface area contributed by atoms with Crippen LogP contribution in [0, 0.1) is 18.2 Å². The summed E-state index contributed by atoms with van der Waals surface area (Å²) in [4.78, 5) is 11.8. The number of rotatable bonds is 5. The van der Waals surface area contributed by atoms with Gasteiger partial charge in [0.05, 0.1) is 17.0 Å². The standard InChI is InChI=1S/C12H12BrFN2OS/c1-2-4-18-5-3-16-12(17)8-6-11(15)10(14)7-9(8)13/h1,6-7H,3-5,15H2,(H,16,17). The van der Waals surface area contributed by atoms with Crippen molar-refractivity contribution in [2.75, 3.05) is 23.8 Å². The predicted molar refractivity (Wildman–Crippen MR) is 77.0 cm³/mol. The number of carbonyl (C=O) groups excluding carboxylic acids is 1. The molecule has 1 aromatic carbocycles. The summed E-state index contributed by atoms with van der Waals surface area (Å²) in [6.45, 7) is 0.495. The van der Waals surface area contributed by atoms with Crippen LogP contribution in [0.25, 0.3) is 0 Å². The van der Waals surface area contributed by atoms with Crippen LogP contribution in [-0.4, -0.2) is 24.0 Å². The fraction of sp³-hybridized carbons (Fsp3) is 0.250. The van der Waals surface area contributed by atoms with E-state index in [2.05, 4.69) is 27.2 Å². The van der Waals surface area contributed by atoms with Crippen LogP contribution >= 0.6 is 27.7 Å². The summed E-state index contributed by atoms with van der Waals surface area (Å²) in [6.07, 6.45) is 5.10. The van der Waals surface area contributed by atoms with Crippen molar-refractivity contribution < 1.29 is 9.18 Å². The number of nitrogen functional groups attached to an aromatic ring is 1. The van der Waals surface area contributed by atoms with E-state index in [9.17, 15) is 9.18 Å². The summed E-state index contributed by atoms with van der Waals surface area (Å²) in [7, 11) is 0. The van der Waals surface area contributed by atoms with Crippen molar-refractivity contribution in [3.05, 3.63) is 28.0 Å². The quantitative estimate of drug-likeness (QED) is 0.494. The highest BCUT2D eigenvalue weighted by atomic mass is 79.9. The number of hydrogen-bond donors (Lipinski definition) is 2. The molecule has 6 heteroatoms. The number of nitrogens with two attached hydrogens (primary N) is 1. The third kappa shape index (κ3) is 4.24. The SMILES string of the molecule is C#CCSCCNC(=O)c1cc(N)c(F)cc1Br. The van der Waals surface area contributed by atoms with Crippen molar-refractivity contribution in [2.45, 2.75) is 0 Å². The van der Waals surface area contributed by atoms with Gasteiger partial charge in [-0.15, -0.1) is 18.2 Å². The molecule has 0 saturated carbocycles. The van der Waals surface area contributed by atoms with E-state index >= 15 is 0 Å². The van der Waals surface area contributed by atoms with Crippen LogP contribution in [0.5, 0.6) is 0 Å². The van der Waals surface area contributed by atoms with Crippen molar-refractivity contribution in [1.29, 1.82) is 0 Å². The van der Waals surface area contributed by atoms with Gasteiger partial charge in [0.25, 0.3) is 5.91 Å². The number of carbonyl (C=O) groups is 1. The summed E-state index contributed by atoms with van der Waals surface area (Å²) in [5.74, 6) is 2.99. The highest BCUT2D eigenvalue weighted by Gasteiger charge is 2.12. The Balaban J connectivity index is 2.57. The average Bonchev–Trinajstić information content (AvgIpc) is 2.33. The van der Waals surface area contributed by atoms with Crippen molar-refractivity contribution in [3.63, 3.8) is 0 Å². The number of hydrogen-bond acceptors (Lipinski definition) is 3. The molecule has 0 saturated heterocycles. The summed E-state index contributed by atoms with van der Waals surface area (Å²) >= 11 is 4.68. The Morgan fingerprint density at radius 2 is 2.33 bits per heavy atom. The summed E-state index contributed by atoms with van der Waals surface area (Å²) in [6, 6.07) is 2.49. The number of anilines is 1. The summed E-state index contributed by atoms with van der Waals surface area (Å²) in [5.41, 5.74) is 5.68. The molecule has 0 aliphatic heterocycles. The number of terminal acetylenes is 1. The highest BCUT2D eigenvalue weighted by molar-refractivity contribution is 9.10. The zero-order valence-electron chi connectivity index (χ0n) is 9.50. The second-order valence-electron chi connectivity index (χ2n) is 3.37. The largest absolute Gasteiger partial charge is 0.396 e. The monoisotopic (exact) mass is 330 g/mol. The van der Waals surface area contributed by atoms with Crippen LogP contribution in [0.15, 0.2) is 16.6 Å². The van der Waals surface area contributed by atoms with Gasteiger partial charge in [0, 0.05) is 16.8 Å². The Hall–Kier alpha value is -1.19. The fourth-order valence-electron chi connectivity index (χ4n) is 1.20. The van der Waals surface area contributed by atoms with E-state index in [0.29, 0.717) is 22.3 Å². The predicted octanol–water partition coefficient (Wildman–Crippen LogP) is 2.27. The van der Waals surface area contributed by atoms with E-state index in [0.717, 1.165) is 5.75 Å². The lowest BCUT2D eigenvalue weighted by Gasteiger charge is -2.08. The Morgan fingerprint density at radius 1 is 1.61 bits per heavy atom. The molecule has 0 unspecified atom stereocenters. The van der Waals surface area contributed by atoms with Gasteiger partial charge in [0.2, 0.25) is 0 Å². The van der Waals surface area contributed by atoms with Crippen molar-refractivity contribution >= 4 is 39.3 Å². The third-order valence-electron chi connectivity index (χ3n) is 2.05. The van der Waals surface area contributed by atoms with Crippen molar-refractivity contribution in [2.24, 2.45) is 0 Å². The molecule has 18 heavy (non-hydrogen) atoms. The first-order chi connectivity index (χ1) is 8.56. The number of nitrogens with one attached hydrogen (secondary N) is 1. The Bertz CT molecular complexity index is 488. The highest BCUT2D eigenvalue weighted by Crippen LogP contribution is 2.22. The fourth-order valence-corrected chi connectivity index (χ4v) is 2.21. The van der Waals surface area contributed by atoms with Gasteiger partial charge in [0.1, 0.15) is 5.82 Å². The smallest absolute Gasteiger partial charge is 0.252 e. The van der Waals surface area contributed by atoms with Gasteiger partial charge in [0.15, 0.2) is 0 Å². The zero-order valence-corrected chi connectivity index (χ0v) is 11.9. The summed E-state index contributed by atoms with van der Waals surface area (Å²) in [5, 5.41) is 2.71. The second-order valence-corrected chi connectivity index (χ2v) is 5.33. The molecular formula is C12H12BrFN2OS. The maximum absolute atomic E-state index is 13.1. The van der Waals surface area contributed by atoms with Crippen LogP contribution in [-0.2, 0) is 0 Å². The van der Waals surface area contributed by atoms with Gasteiger partial charge in [-0.1, -0.05) is 5.92 Å². The topological polar surface area (TPSA) is 55.1 Å². The number of thioether (sulfide) groups is 1. The molecule has 0 spiro atoms. The van der Waals surface area contributed by atoms with Gasteiger partial charge >= 0.3 is 0 Å². The minimum atomic E-state index is -0.553. The first-order valence-corrected chi connectivity index (χ1v) is 7.05. The van der Waals surface area contributed by atoms with Crippen molar-refractivity contribution in [1.82, 2.24) is 5.32 Å². The molecule has 0 heterocycles. The van der Waals surface area contributed by atoms with Crippen LogP contribution in [0.1, 0.15) is 10.4 Å². The van der Waals surface area contributed by atoms with Gasteiger partial charge in [-0.25, -0.2) is 4.39 Å². The second kappa shape index (κ2) is 7.29. The number of benzene rings is 1. The molecule has 0 aromatic heterocycles. The van der Waals surface area contributed by atoms with Crippen LogP contribution in [0.4, 0.5) is 10.1 Å². The lowest BCUT2D eigenvalue weighted by Crippen LogP contribution is -2.26. The molecule has 0 aliphatic carbocycles. The number of halogens is 2.